The smallest absolute Gasteiger partial charge is 0.368 e. The molecule has 3 rings (SSSR count). The minimum Gasteiger partial charge on any atom is -0.368 e. The zero-order valence-corrected chi connectivity index (χ0v) is 17.1. The van der Waals surface area contributed by atoms with E-state index in [1.165, 1.54) is 6.07 Å². The number of hydrogen-bond acceptors (Lipinski definition) is 4. The molecule has 2 fully saturated rings. The Bertz CT molecular complexity index is 745. The number of para-hydroxylation sites is 1. The van der Waals surface area contributed by atoms with Crippen molar-refractivity contribution in [2.75, 3.05) is 37.6 Å². The normalized spacial score (nSPS) is 23.1. The van der Waals surface area contributed by atoms with Crippen LogP contribution in [0.3, 0.4) is 0 Å². The molecule has 2 aliphatic rings. The first-order valence-electron chi connectivity index (χ1n) is 10.7. The van der Waals surface area contributed by atoms with Crippen LogP contribution < -0.4 is 10.2 Å². The molecule has 1 saturated carbocycles. The molecule has 8 heteroatoms. The minimum absolute atomic E-state index is 0.0840. The molecule has 0 radical (unpaired) electrons. The Balaban J connectivity index is 1.39. The summed E-state index contributed by atoms with van der Waals surface area (Å²) in [6.45, 7) is 3.71. The molecule has 164 valence electrons. The average molecular weight is 422 g/mol. The molecule has 0 aromatic heterocycles. The van der Waals surface area contributed by atoms with Gasteiger partial charge in [0.2, 0.25) is 5.91 Å². The number of nitriles is 1. The number of hydrogen-bond donors (Lipinski definition) is 1. The van der Waals surface area contributed by atoms with Crippen molar-refractivity contribution in [3.63, 3.8) is 0 Å². The van der Waals surface area contributed by atoms with Crippen molar-refractivity contribution in [1.82, 2.24) is 10.2 Å². The van der Waals surface area contributed by atoms with Crippen molar-refractivity contribution < 1.29 is 18.0 Å². The largest absolute Gasteiger partial charge is 0.418 e. The number of carbonyl (C=O) groups is 1. The predicted octanol–water partition coefficient (Wildman–Crippen LogP) is 3.81. The lowest BCUT2D eigenvalue weighted by Gasteiger charge is -2.38. The number of carbonyl (C=O) groups excluding carboxylic acids is 1. The number of halogens is 3. The molecular weight excluding hydrogens is 393 g/mol. The van der Waals surface area contributed by atoms with Gasteiger partial charge in [-0.15, -0.1) is 0 Å². The number of amides is 1. The van der Waals surface area contributed by atoms with Gasteiger partial charge in [-0.25, -0.2) is 0 Å². The molecule has 30 heavy (non-hydrogen) atoms. The second-order valence-corrected chi connectivity index (χ2v) is 8.25. The van der Waals surface area contributed by atoms with E-state index in [9.17, 15) is 18.0 Å². The molecule has 1 aliphatic heterocycles. The topological polar surface area (TPSA) is 59.4 Å². The van der Waals surface area contributed by atoms with Crippen molar-refractivity contribution in [2.24, 2.45) is 5.92 Å². The van der Waals surface area contributed by atoms with Crippen LogP contribution in [0.1, 0.15) is 44.1 Å². The van der Waals surface area contributed by atoms with Crippen molar-refractivity contribution in [1.29, 1.82) is 5.26 Å². The van der Waals surface area contributed by atoms with Crippen molar-refractivity contribution >= 4 is 11.6 Å². The van der Waals surface area contributed by atoms with E-state index in [4.69, 9.17) is 5.26 Å². The van der Waals surface area contributed by atoms with Crippen molar-refractivity contribution in [2.45, 2.75) is 50.7 Å². The third-order valence-electron chi connectivity index (χ3n) is 6.23. The van der Waals surface area contributed by atoms with E-state index < -0.39 is 11.7 Å². The third kappa shape index (κ3) is 6.11. The van der Waals surface area contributed by atoms with Gasteiger partial charge in [-0.1, -0.05) is 12.1 Å². The molecule has 1 N–H and O–H groups in total. The molecule has 1 aromatic rings. The van der Waals surface area contributed by atoms with Crippen LogP contribution in [0.4, 0.5) is 18.9 Å². The number of anilines is 1. The first-order valence-corrected chi connectivity index (χ1v) is 10.7. The van der Waals surface area contributed by atoms with Gasteiger partial charge in [0.1, 0.15) is 6.42 Å². The maximum atomic E-state index is 13.3. The number of alkyl halides is 3. The average Bonchev–Trinajstić information content (AvgIpc) is 2.73. The van der Waals surface area contributed by atoms with E-state index in [0.29, 0.717) is 19.0 Å². The Labute approximate surface area is 175 Å². The maximum absolute atomic E-state index is 13.3. The van der Waals surface area contributed by atoms with Gasteiger partial charge in [0.15, 0.2) is 0 Å². The van der Waals surface area contributed by atoms with Crippen LogP contribution in [0.15, 0.2) is 24.3 Å². The summed E-state index contributed by atoms with van der Waals surface area (Å²) < 4.78 is 39.8. The molecule has 1 aliphatic carbocycles. The van der Waals surface area contributed by atoms with Crippen LogP contribution in [0.25, 0.3) is 0 Å². The first-order chi connectivity index (χ1) is 14.4. The highest BCUT2D eigenvalue weighted by molar-refractivity contribution is 5.78. The molecule has 0 spiro atoms. The summed E-state index contributed by atoms with van der Waals surface area (Å²) in [7, 11) is 0. The SMILES string of the molecule is N#CCC(=O)N[C@H]1CC[C@H](CCN2CCN(c3ccccc3C(F)(F)F)CC2)CC1. The number of benzene rings is 1. The molecule has 1 aromatic carbocycles. The number of piperazine rings is 1. The molecule has 0 atom stereocenters. The standard InChI is InChI=1S/C22H29F3N4O/c23-22(24,25)19-3-1-2-4-20(19)29-15-13-28(14-16-29)12-10-17-5-7-18(8-6-17)27-21(30)9-11-26/h1-4,17-18H,5-10,12-16H2,(H,27,30)/t17-,18-. The van der Waals surface area contributed by atoms with E-state index in [0.717, 1.165) is 57.8 Å². The second-order valence-electron chi connectivity index (χ2n) is 8.25. The highest BCUT2D eigenvalue weighted by Crippen LogP contribution is 2.36. The molecular formula is C22H29F3N4O. The van der Waals surface area contributed by atoms with Crippen LogP contribution in [-0.2, 0) is 11.0 Å². The molecule has 1 heterocycles. The van der Waals surface area contributed by atoms with Crippen LogP contribution in [0, 0.1) is 17.2 Å². The van der Waals surface area contributed by atoms with Crippen LogP contribution in [0.5, 0.6) is 0 Å². The Kier molecular flexibility index (Phi) is 7.59. The summed E-state index contributed by atoms with van der Waals surface area (Å²) in [6.07, 6.45) is 0.693. The first kappa shape index (κ1) is 22.4. The fourth-order valence-corrected chi connectivity index (χ4v) is 4.51. The van der Waals surface area contributed by atoms with Gasteiger partial charge >= 0.3 is 6.18 Å². The Morgan fingerprint density at radius 3 is 2.40 bits per heavy atom. The lowest BCUT2D eigenvalue weighted by molar-refractivity contribution is -0.137. The van der Waals surface area contributed by atoms with Gasteiger partial charge in [-0.05, 0) is 56.7 Å². The fraction of sp³-hybridized carbons (Fsp3) is 0.636. The lowest BCUT2D eigenvalue weighted by atomic mass is 9.84. The van der Waals surface area contributed by atoms with E-state index in [1.807, 2.05) is 11.0 Å². The number of nitrogens with zero attached hydrogens (tertiary/aromatic N) is 3. The third-order valence-corrected chi connectivity index (χ3v) is 6.23. The summed E-state index contributed by atoms with van der Waals surface area (Å²) in [6, 6.07) is 7.86. The quantitative estimate of drug-likeness (QED) is 0.758. The molecule has 0 bridgehead atoms. The summed E-state index contributed by atoms with van der Waals surface area (Å²) in [5, 5.41) is 11.5. The Hall–Kier alpha value is -2.27. The Morgan fingerprint density at radius 1 is 1.10 bits per heavy atom. The highest BCUT2D eigenvalue weighted by Gasteiger charge is 2.35. The molecule has 5 nitrogen and oxygen atoms in total. The lowest BCUT2D eigenvalue weighted by Crippen LogP contribution is -2.47. The predicted molar refractivity (Wildman–Crippen MR) is 109 cm³/mol. The van der Waals surface area contributed by atoms with E-state index >= 15 is 0 Å². The molecule has 1 saturated heterocycles. The summed E-state index contributed by atoms with van der Waals surface area (Å²) in [5.74, 6) is 0.434. The molecule has 1 amide bonds. The van der Waals surface area contributed by atoms with Crippen molar-refractivity contribution in [3.05, 3.63) is 29.8 Å². The van der Waals surface area contributed by atoms with Gasteiger partial charge in [0, 0.05) is 37.9 Å². The van der Waals surface area contributed by atoms with E-state index in [1.54, 1.807) is 12.1 Å². The van der Waals surface area contributed by atoms with Crippen molar-refractivity contribution in [3.8, 4) is 6.07 Å². The Morgan fingerprint density at radius 2 is 1.77 bits per heavy atom. The maximum Gasteiger partial charge on any atom is 0.418 e. The van der Waals surface area contributed by atoms with Gasteiger partial charge in [0.25, 0.3) is 0 Å². The summed E-state index contributed by atoms with van der Waals surface area (Å²) >= 11 is 0. The monoisotopic (exact) mass is 422 g/mol. The van der Waals surface area contributed by atoms with Gasteiger partial charge in [-0.3, -0.25) is 9.69 Å². The van der Waals surface area contributed by atoms with Gasteiger partial charge in [-0.2, -0.15) is 18.4 Å². The number of nitrogens with one attached hydrogen (secondary N) is 1. The highest BCUT2D eigenvalue weighted by atomic mass is 19.4. The van der Waals surface area contributed by atoms with Crippen LogP contribution in [-0.4, -0.2) is 49.6 Å². The van der Waals surface area contributed by atoms with Crippen LogP contribution >= 0.6 is 0 Å². The van der Waals surface area contributed by atoms with Gasteiger partial charge < -0.3 is 10.2 Å². The molecule has 0 unspecified atom stereocenters. The van der Waals surface area contributed by atoms with E-state index in [-0.39, 0.29) is 24.1 Å². The summed E-state index contributed by atoms with van der Waals surface area (Å²) in [5.41, 5.74) is -0.279. The fourth-order valence-electron chi connectivity index (χ4n) is 4.51. The zero-order chi connectivity index (χ0) is 21.6. The number of rotatable bonds is 6. The second kappa shape index (κ2) is 10.2. The van der Waals surface area contributed by atoms with E-state index in [2.05, 4.69) is 10.2 Å². The minimum atomic E-state index is -4.33. The van der Waals surface area contributed by atoms with Gasteiger partial charge in [0.05, 0.1) is 11.6 Å². The zero-order valence-electron chi connectivity index (χ0n) is 17.1. The van der Waals surface area contributed by atoms with Crippen LogP contribution in [0.2, 0.25) is 0 Å². The summed E-state index contributed by atoms with van der Waals surface area (Å²) in [4.78, 5) is 15.7.